The third kappa shape index (κ3) is 3.96. The molecule has 1 aromatic rings. The molecule has 1 atom stereocenters. The van der Waals surface area contributed by atoms with Crippen LogP contribution in [0.3, 0.4) is 0 Å². The van der Waals surface area contributed by atoms with E-state index in [1.807, 2.05) is 17.5 Å². The molecule has 1 fully saturated rings. The van der Waals surface area contributed by atoms with Crippen molar-refractivity contribution in [3.8, 4) is 0 Å². The smallest absolute Gasteiger partial charge is 0.409 e. The fourth-order valence-electron chi connectivity index (χ4n) is 2.30. The van der Waals surface area contributed by atoms with Crippen molar-refractivity contribution in [1.82, 2.24) is 10.2 Å². The van der Waals surface area contributed by atoms with E-state index in [1.165, 1.54) is 0 Å². The highest BCUT2D eigenvalue weighted by atomic mass is 32.1. The highest BCUT2D eigenvalue weighted by molar-refractivity contribution is 7.09. The molecule has 5 nitrogen and oxygen atoms in total. The Morgan fingerprint density at radius 3 is 3.10 bits per heavy atom. The van der Waals surface area contributed by atoms with Crippen molar-refractivity contribution in [3.63, 3.8) is 0 Å². The first kappa shape index (κ1) is 14.8. The lowest BCUT2D eigenvalue weighted by atomic mass is 9.97. The van der Waals surface area contributed by atoms with Crippen LogP contribution >= 0.6 is 11.3 Å². The Morgan fingerprint density at radius 2 is 2.40 bits per heavy atom. The zero-order valence-electron chi connectivity index (χ0n) is 11.6. The van der Waals surface area contributed by atoms with Crippen molar-refractivity contribution in [2.45, 2.75) is 26.3 Å². The molecule has 1 aliphatic rings. The second-order valence-corrected chi connectivity index (χ2v) is 5.81. The van der Waals surface area contributed by atoms with Gasteiger partial charge in [-0.05, 0) is 31.2 Å². The predicted octanol–water partition coefficient (Wildman–Crippen LogP) is 2.23. The van der Waals surface area contributed by atoms with Crippen molar-refractivity contribution in [2.24, 2.45) is 5.92 Å². The molecule has 20 heavy (non-hydrogen) atoms. The average molecular weight is 296 g/mol. The van der Waals surface area contributed by atoms with Gasteiger partial charge in [-0.3, -0.25) is 4.79 Å². The summed E-state index contributed by atoms with van der Waals surface area (Å²) in [6.07, 6.45) is 1.35. The number of thiophene rings is 1. The molecule has 0 aliphatic carbocycles. The van der Waals surface area contributed by atoms with Gasteiger partial charge in [0.05, 0.1) is 19.1 Å². The van der Waals surface area contributed by atoms with Crippen LogP contribution in [0.2, 0.25) is 0 Å². The zero-order valence-corrected chi connectivity index (χ0v) is 12.4. The van der Waals surface area contributed by atoms with Crippen molar-refractivity contribution in [1.29, 1.82) is 0 Å². The highest BCUT2D eigenvalue weighted by Gasteiger charge is 2.28. The van der Waals surface area contributed by atoms with Crippen molar-refractivity contribution < 1.29 is 14.3 Å². The van der Waals surface area contributed by atoms with Gasteiger partial charge >= 0.3 is 6.09 Å². The number of nitrogens with zero attached hydrogens (tertiary/aromatic N) is 1. The Balaban J connectivity index is 1.81. The summed E-state index contributed by atoms with van der Waals surface area (Å²) < 4.78 is 4.99. The van der Waals surface area contributed by atoms with Gasteiger partial charge in [-0.2, -0.15) is 0 Å². The van der Waals surface area contributed by atoms with E-state index in [0.717, 1.165) is 17.7 Å². The van der Waals surface area contributed by atoms with E-state index in [9.17, 15) is 9.59 Å². The molecular weight excluding hydrogens is 276 g/mol. The molecule has 2 rings (SSSR count). The van der Waals surface area contributed by atoms with Crippen LogP contribution in [0.15, 0.2) is 17.5 Å². The Hall–Kier alpha value is -1.56. The maximum atomic E-state index is 12.1. The third-order valence-corrected chi connectivity index (χ3v) is 4.21. The monoisotopic (exact) mass is 296 g/mol. The predicted molar refractivity (Wildman–Crippen MR) is 77.5 cm³/mol. The third-order valence-electron chi connectivity index (χ3n) is 3.34. The molecule has 6 heteroatoms. The second-order valence-electron chi connectivity index (χ2n) is 4.78. The number of amides is 2. The van der Waals surface area contributed by atoms with Crippen LogP contribution in [0.25, 0.3) is 0 Å². The second kappa shape index (κ2) is 7.28. The van der Waals surface area contributed by atoms with Crippen LogP contribution in [-0.4, -0.2) is 36.6 Å². The van der Waals surface area contributed by atoms with E-state index in [1.54, 1.807) is 23.2 Å². The minimum absolute atomic E-state index is 0.0207. The molecular formula is C14H20N2O3S. The van der Waals surface area contributed by atoms with Gasteiger partial charge < -0.3 is 15.0 Å². The normalized spacial score (nSPS) is 18.6. The number of hydrogen-bond acceptors (Lipinski definition) is 4. The lowest BCUT2D eigenvalue weighted by Crippen LogP contribution is -2.45. The molecule has 1 aromatic heterocycles. The minimum Gasteiger partial charge on any atom is -0.450 e. The van der Waals surface area contributed by atoms with Crippen LogP contribution in [0, 0.1) is 5.92 Å². The van der Waals surface area contributed by atoms with Crippen LogP contribution in [-0.2, 0) is 16.1 Å². The number of carbonyl (C=O) groups is 2. The number of ether oxygens (including phenoxy) is 1. The maximum absolute atomic E-state index is 12.1. The average Bonchev–Trinajstić information content (AvgIpc) is 2.98. The van der Waals surface area contributed by atoms with Crippen molar-refractivity contribution in [3.05, 3.63) is 22.4 Å². The zero-order chi connectivity index (χ0) is 14.4. The number of rotatable bonds is 4. The Kier molecular flexibility index (Phi) is 5.40. The van der Waals surface area contributed by atoms with Gasteiger partial charge in [-0.15, -0.1) is 11.3 Å². The maximum Gasteiger partial charge on any atom is 0.409 e. The fraction of sp³-hybridized carbons (Fsp3) is 0.571. The number of likely N-dealkylation sites (tertiary alicyclic amines) is 1. The Labute approximate surface area is 122 Å². The molecule has 1 N–H and O–H groups in total. The summed E-state index contributed by atoms with van der Waals surface area (Å²) in [6, 6.07) is 3.96. The summed E-state index contributed by atoms with van der Waals surface area (Å²) in [5.41, 5.74) is 0. The first-order chi connectivity index (χ1) is 9.70. The lowest BCUT2D eigenvalue weighted by molar-refractivity contribution is -0.126. The minimum atomic E-state index is -0.316. The van der Waals surface area contributed by atoms with E-state index in [4.69, 9.17) is 4.74 Å². The number of piperidine rings is 1. The summed E-state index contributed by atoms with van der Waals surface area (Å²) in [7, 11) is 0. The Morgan fingerprint density at radius 1 is 1.55 bits per heavy atom. The summed E-state index contributed by atoms with van der Waals surface area (Å²) in [6.45, 7) is 3.84. The molecule has 0 aromatic carbocycles. The molecule has 0 saturated carbocycles. The molecule has 2 heterocycles. The molecule has 0 radical (unpaired) electrons. The van der Waals surface area contributed by atoms with E-state index in [2.05, 4.69) is 5.32 Å². The lowest BCUT2D eigenvalue weighted by Gasteiger charge is -2.31. The van der Waals surface area contributed by atoms with Crippen LogP contribution in [0.1, 0.15) is 24.6 Å². The summed E-state index contributed by atoms with van der Waals surface area (Å²) >= 11 is 1.62. The first-order valence-electron chi connectivity index (χ1n) is 6.92. The van der Waals surface area contributed by atoms with Crippen molar-refractivity contribution in [2.75, 3.05) is 19.7 Å². The molecule has 0 bridgehead atoms. The topological polar surface area (TPSA) is 58.6 Å². The first-order valence-corrected chi connectivity index (χ1v) is 7.80. The summed E-state index contributed by atoms with van der Waals surface area (Å²) in [4.78, 5) is 26.6. The molecule has 0 unspecified atom stereocenters. The molecule has 2 amide bonds. The van der Waals surface area contributed by atoms with Gasteiger partial charge in [0.2, 0.25) is 5.91 Å². The van der Waals surface area contributed by atoms with Gasteiger partial charge in [0.15, 0.2) is 0 Å². The Bertz CT molecular complexity index is 447. The quantitative estimate of drug-likeness (QED) is 0.927. The van der Waals surface area contributed by atoms with Crippen LogP contribution < -0.4 is 5.32 Å². The standard InChI is InChI=1S/C14H20N2O3S/c1-2-19-14(18)16-7-3-5-11(10-16)13(17)15-9-12-6-4-8-20-12/h4,6,8,11H,2-3,5,7,9-10H2,1H3,(H,15,17)/t11-/m1/s1. The SMILES string of the molecule is CCOC(=O)N1CCC[C@@H](C(=O)NCc2cccs2)C1. The van der Waals surface area contributed by atoms with E-state index in [-0.39, 0.29) is 17.9 Å². The van der Waals surface area contributed by atoms with Gasteiger partial charge in [0.1, 0.15) is 0 Å². The molecule has 1 aliphatic heterocycles. The largest absolute Gasteiger partial charge is 0.450 e. The summed E-state index contributed by atoms with van der Waals surface area (Å²) in [5.74, 6) is -0.111. The molecule has 110 valence electrons. The van der Waals surface area contributed by atoms with Gasteiger partial charge in [-0.1, -0.05) is 6.07 Å². The van der Waals surface area contributed by atoms with Gasteiger partial charge in [0, 0.05) is 18.0 Å². The van der Waals surface area contributed by atoms with Gasteiger partial charge in [-0.25, -0.2) is 4.79 Å². The number of nitrogens with one attached hydrogen (secondary N) is 1. The molecule has 0 spiro atoms. The number of carbonyl (C=O) groups excluding carboxylic acids is 2. The van der Waals surface area contributed by atoms with E-state index in [0.29, 0.717) is 26.2 Å². The number of hydrogen-bond donors (Lipinski definition) is 1. The molecule has 1 saturated heterocycles. The van der Waals surface area contributed by atoms with Crippen molar-refractivity contribution >= 4 is 23.3 Å². The fourth-order valence-corrected chi connectivity index (χ4v) is 2.95. The van der Waals surface area contributed by atoms with Gasteiger partial charge in [0.25, 0.3) is 0 Å². The van der Waals surface area contributed by atoms with Crippen LogP contribution in [0.4, 0.5) is 4.79 Å². The highest BCUT2D eigenvalue weighted by Crippen LogP contribution is 2.18. The summed E-state index contributed by atoms with van der Waals surface area (Å²) in [5, 5.41) is 4.93. The van der Waals surface area contributed by atoms with E-state index >= 15 is 0 Å². The van der Waals surface area contributed by atoms with E-state index < -0.39 is 0 Å². The van der Waals surface area contributed by atoms with Crippen LogP contribution in [0.5, 0.6) is 0 Å².